The third-order valence-corrected chi connectivity index (χ3v) is 4.96. The van der Waals surface area contributed by atoms with Gasteiger partial charge in [-0.2, -0.15) is 5.10 Å². The van der Waals surface area contributed by atoms with E-state index in [4.69, 9.17) is 5.73 Å². The molecule has 9 heteroatoms. The summed E-state index contributed by atoms with van der Waals surface area (Å²) in [6.45, 7) is 0.500. The van der Waals surface area contributed by atoms with Crippen molar-refractivity contribution in [1.29, 1.82) is 0 Å². The Morgan fingerprint density at radius 1 is 1.10 bits per heavy atom. The highest BCUT2D eigenvalue weighted by Gasteiger charge is 2.08. The van der Waals surface area contributed by atoms with Gasteiger partial charge in [0, 0.05) is 41.1 Å². The first-order valence-corrected chi connectivity index (χ1v) is 10.8. The lowest BCUT2D eigenvalue weighted by atomic mass is 10.1. The van der Waals surface area contributed by atoms with Crippen LogP contribution in [-0.2, 0) is 16.6 Å². The standard InChI is InChI=1S/C20H20N6O2S/c1-29(27,28)26-15-4-2-3-13(9-15)12-22-18-11-20(21)24-19-10-14(5-6-16(18)19)17-7-8-23-25-17/h2-11,26H,12H2,1H3,(H,23,25)(H3,21,22,24). The molecular formula is C20H20N6O2S. The summed E-state index contributed by atoms with van der Waals surface area (Å²) in [5.41, 5.74) is 11.0. The van der Waals surface area contributed by atoms with Crippen molar-refractivity contribution >= 4 is 38.1 Å². The molecule has 0 spiro atoms. The monoisotopic (exact) mass is 408 g/mol. The number of fused-ring (bicyclic) bond motifs is 1. The second-order valence-electron chi connectivity index (χ2n) is 6.73. The summed E-state index contributed by atoms with van der Waals surface area (Å²) in [4.78, 5) is 4.44. The van der Waals surface area contributed by atoms with E-state index < -0.39 is 10.0 Å². The van der Waals surface area contributed by atoms with Gasteiger partial charge < -0.3 is 11.1 Å². The number of nitrogen functional groups attached to an aromatic ring is 1. The van der Waals surface area contributed by atoms with E-state index in [0.29, 0.717) is 18.1 Å². The van der Waals surface area contributed by atoms with E-state index >= 15 is 0 Å². The predicted octanol–water partition coefficient (Wildman–Crippen LogP) is 3.19. The molecule has 0 aliphatic rings. The number of nitrogens with zero attached hydrogens (tertiary/aromatic N) is 2. The zero-order valence-electron chi connectivity index (χ0n) is 15.7. The maximum absolute atomic E-state index is 11.4. The Morgan fingerprint density at radius 3 is 2.72 bits per heavy atom. The topological polar surface area (TPSA) is 126 Å². The lowest BCUT2D eigenvalue weighted by Crippen LogP contribution is -2.10. The summed E-state index contributed by atoms with van der Waals surface area (Å²) in [7, 11) is -3.32. The van der Waals surface area contributed by atoms with Gasteiger partial charge in [-0.3, -0.25) is 9.82 Å². The molecule has 0 fully saturated rings. The molecule has 0 amide bonds. The quantitative estimate of drug-likeness (QED) is 0.388. The molecule has 2 aromatic heterocycles. The van der Waals surface area contributed by atoms with Crippen molar-refractivity contribution in [1.82, 2.24) is 15.2 Å². The molecule has 4 aromatic rings. The van der Waals surface area contributed by atoms with Gasteiger partial charge in [-0.1, -0.05) is 24.3 Å². The van der Waals surface area contributed by atoms with E-state index in [2.05, 4.69) is 25.2 Å². The number of aromatic nitrogens is 3. The van der Waals surface area contributed by atoms with Gasteiger partial charge in [-0.15, -0.1) is 0 Å². The molecule has 8 nitrogen and oxygen atoms in total. The number of H-pyrrole nitrogens is 1. The first-order valence-electron chi connectivity index (χ1n) is 8.88. The van der Waals surface area contributed by atoms with Gasteiger partial charge in [0.2, 0.25) is 10.0 Å². The van der Waals surface area contributed by atoms with Crippen molar-refractivity contribution in [3.63, 3.8) is 0 Å². The number of hydrogen-bond acceptors (Lipinski definition) is 6. The Balaban J connectivity index is 1.60. The Morgan fingerprint density at radius 2 is 1.97 bits per heavy atom. The number of benzene rings is 2. The molecule has 0 bridgehead atoms. The predicted molar refractivity (Wildman–Crippen MR) is 116 cm³/mol. The lowest BCUT2D eigenvalue weighted by Gasteiger charge is -2.12. The zero-order valence-corrected chi connectivity index (χ0v) is 16.5. The number of pyridine rings is 1. The van der Waals surface area contributed by atoms with Crippen LogP contribution in [-0.4, -0.2) is 29.9 Å². The second-order valence-corrected chi connectivity index (χ2v) is 8.47. The van der Waals surface area contributed by atoms with Gasteiger partial charge in [0.25, 0.3) is 0 Å². The van der Waals surface area contributed by atoms with Crippen LogP contribution in [0, 0.1) is 0 Å². The van der Waals surface area contributed by atoms with Crippen LogP contribution in [0.4, 0.5) is 17.2 Å². The molecule has 0 radical (unpaired) electrons. The van der Waals surface area contributed by atoms with E-state index in [1.807, 2.05) is 30.3 Å². The molecule has 0 aliphatic carbocycles. The van der Waals surface area contributed by atoms with Crippen LogP contribution in [0.5, 0.6) is 0 Å². The third kappa shape index (κ3) is 4.46. The molecule has 4 rings (SSSR count). The fourth-order valence-electron chi connectivity index (χ4n) is 3.14. The SMILES string of the molecule is CS(=O)(=O)Nc1cccc(CNc2cc(N)nc3cc(-c4ccn[nH]4)ccc23)c1. The maximum atomic E-state index is 11.4. The van der Waals surface area contributed by atoms with E-state index in [9.17, 15) is 8.42 Å². The highest BCUT2D eigenvalue weighted by Crippen LogP contribution is 2.29. The van der Waals surface area contributed by atoms with Gasteiger partial charge in [0.05, 0.1) is 17.5 Å². The van der Waals surface area contributed by atoms with Crippen molar-refractivity contribution in [2.75, 3.05) is 22.0 Å². The number of nitrogens with one attached hydrogen (secondary N) is 3. The third-order valence-electron chi connectivity index (χ3n) is 4.35. The molecule has 0 aliphatic heterocycles. The van der Waals surface area contributed by atoms with Gasteiger partial charge in [-0.05, 0) is 29.8 Å². The molecule has 5 N–H and O–H groups in total. The van der Waals surface area contributed by atoms with Gasteiger partial charge in [0.15, 0.2) is 0 Å². The first-order chi connectivity index (χ1) is 13.9. The fourth-order valence-corrected chi connectivity index (χ4v) is 3.69. The van der Waals surface area contributed by atoms with Crippen LogP contribution < -0.4 is 15.8 Å². The van der Waals surface area contributed by atoms with Gasteiger partial charge in [-0.25, -0.2) is 13.4 Å². The number of sulfonamides is 1. The molecule has 0 saturated heterocycles. The van der Waals surface area contributed by atoms with Crippen LogP contribution in [0.25, 0.3) is 22.2 Å². The van der Waals surface area contributed by atoms with Crippen LogP contribution in [0.15, 0.2) is 60.8 Å². The van der Waals surface area contributed by atoms with E-state index in [0.717, 1.165) is 39.7 Å². The van der Waals surface area contributed by atoms with Crippen molar-refractivity contribution in [3.05, 3.63) is 66.4 Å². The molecular weight excluding hydrogens is 388 g/mol. The van der Waals surface area contributed by atoms with Crippen molar-refractivity contribution in [2.24, 2.45) is 0 Å². The Labute approximate surface area is 168 Å². The molecule has 0 saturated carbocycles. The Hall–Kier alpha value is -3.59. The summed E-state index contributed by atoms with van der Waals surface area (Å²) < 4.78 is 25.4. The normalized spacial score (nSPS) is 11.5. The Bertz CT molecular complexity index is 1270. The van der Waals surface area contributed by atoms with Crippen molar-refractivity contribution in [2.45, 2.75) is 6.54 Å². The Kier molecular flexibility index (Phi) is 4.81. The molecule has 29 heavy (non-hydrogen) atoms. The highest BCUT2D eigenvalue weighted by atomic mass is 32.2. The molecule has 148 valence electrons. The minimum Gasteiger partial charge on any atom is -0.384 e. The number of aromatic amines is 1. The largest absolute Gasteiger partial charge is 0.384 e. The number of hydrogen-bond donors (Lipinski definition) is 4. The maximum Gasteiger partial charge on any atom is 0.229 e. The number of rotatable bonds is 6. The fraction of sp³-hybridized carbons (Fsp3) is 0.100. The molecule has 0 atom stereocenters. The van der Waals surface area contributed by atoms with Gasteiger partial charge in [0.1, 0.15) is 5.82 Å². The molecule has 2 heterocycles. The van der Waals surface area contributed by atoms with Crippen LogP contribution in [0.1, 0.15) is 5.56 Å². The summed E-state index contributed by atoms with van der Waals surface area (Å²) in [6.07, 6.45) is 2.83. The van der Waals surface area contributed by atoms with E-state index in [1.165, 1.54) is 0 Å². The highest BCUT2D eigenvalue weighted by molar-refractivity contribution is 7.92. The van der Waals surface area contributed by atoms with Crippen molar-refractivity contribution < 1.29 is 8.42 Å². The average molecular weight is 408 g/mol. The average Bonchev–Trinajstić information content (AvgIpc) is 3.19. The zero-order chi connectivity index (χ0) is 20.4. The van der Waals surface area contributed by atoms with E-state index in [-0.39, 0.29) is 0 Å². The minimum absolute atomic E-state index is 0.411. The molecule has 0 unspecified atom stereocenters. The summed E-state index contributed by atoms with van der Waals surface area (Å²) >= 11 is 0. The smallest absolute Gasteiger partial charge is 0.229 e. The lowest BCUT2D eigenvalue weighted by molar-refractivity contribution is 0.607. The minimum atomic E-state index is -3.32. The van der Waals surface area contributed by atoms with Crippen LogP contribution in [0.3, 0.4) is 0 Å². The van der Waals surface area contributed by atoms with Crippen LogP contribution >= 0.6 is 0 Å². The van der Waals surface area contributed by atoms with Crippen molar-refractivity contribution in [3.8, 4) is 11.3 Å². The van der Waals surface area contributed by atoms with Gasteiger partial charge >= 0.3 is 0 Å². The molecule has 2 aromatic carbocycles. The second kappa shape index (κ2) is 7.44. The number of anilines is 3. The first kappa shape index (κ1) is 18.8. The summed E-state index contributed by atoms with van der Waals surface area (Å²) in [5, 5.41) is 11.2. The number of nitrogens with two attached hydrogens (primary N) is 1. The van der Waals surface area contributed by atoms with Crippen LogP contribution in [0.2, 0.25) is 0 Å². The summed E-state index contributed by atoms with van der Waals surface area (Å²) in [6, 6.07) is 16.8. The van der Waals surface area contributed by atoms with E-state index in [1.54, 1.807) is 30.5 Å². The summed E-state index contributed by atoms with van der Waals surface area (Å²) in [5.74, 6) is 0.411.